The Kier molecular flexibility index (Phi) is 5.77. The average Bonchev–Trinajstić information content (AvgIpc) is 2.88. The van der Waals surface area contributed by atoms with Crippen LogP contribution in [0.2, 0.25) is 0 Å². The molecule has 0 bridgehead atoms. The third-order valence-corrected chi connectivity index (χ3v) is 4.54. The van der Waals surface area contributed by atoms with E-state index in [1.165, 1.54) is 14.2 Å². The molecule has 0 aliphatic carbocycles. The van der Waals surface area contributed by atoms with Crippen molar-refractivity contribution in [1.82, 2.24) is 9.88 Å². The molecule has 1 atom stereocenters. The number of aryl methyl sites for hydroxylation is 1. The number of Topliss-reactive ketones (excluding diaryl/α,β-unsaturated/α-hetero) is 1. The fourth-order valence-electron chi connectivity index (χ4n) is 3.28. The molecular weight excluding hydrogens is 312 g/mol. The minimum atomic E-state index is -0.467. The zero-order valence-electron chi connectivity index (χ0n) is 14.6. The first kappa shape index (κ1) is 18.2. The summed E-state index contributed by atoms with van der Waals surface area (Å²) in [4.78, 5) is 41.3. The summed E-state index contributed by atoms with van der Waals surface area (Å²) >= 11 is 0. The molecule has 0 amide bonds. The summed E-state index contributed by atoms with van der Waals surface area (Å²) in [6.45, 7) is 4.24. The van der Waals surface area contributed by atoms with Crippen LogP contribution in [-0.2, 0) is 14.3 Å². The van der Waals surface area contributed by atoms with Crippen LogP contribution in [0.1, 0.15) is 51.4 Å². The lowest BCUT2D eigenvalue weighted by Gasteiger charge is -2.32. The number of hydrogen-bond donors (Lipinski definition) is 1. The molecule has 1 aliphatic heterocycles. The number of carbonyl (C=O) groups excluding carboxylic acids is 3. The molecule has 7 nitrogen and oxygen atoms in total. The van der Waals surface area contributed by atoms with E-state index in [1.807, 2.05) is 4.90 Å². The Bertz CT molecular complexity index is 650. The van der Waals surface area contributed by atoms with E-state index in [0.29, 0.717) is 35.5 Å². The largest absolute Gasteiger partial charge is 0.468 e. The molecule has 1 unspecified atom stereocenters. The number of rotatable bonds is 5. The summed E-state index contributed by atoms with van der Waals surface area (Å²) < 4.78 is 9.60. The molecule has 1 N–H and O–H groups in total. The number of ketones is 1. The second-order valence-electron chi connectivity index (χ2n) is 6.04. The Balaban J connectivity index is 2.20. The molecule has 1 saturated heterocycles. The number of methoxy groups -OCH3 is 2. The number of piperidine rings is 1. The van der Waals surface area contributed by atoms with Gasteiger partial charge in [-0.1, -0.05) is 6.42 Å². The van der Waals surface area contributed by atoms with Crippen LogP contribution in [0.4, 0.5) is 0 Å². The van der Waals surface area contributed by atoms with Gasteiger partial charge < -0.3 is 14.5 Å². The highest BCUT2D eigenvalue weighted by molar-refractivity contribution is 6.02. The van der Waals surface area contributed by atoms with Gasteiger partial charge in [0.05, 0.1) is 32.0 Å². The van der Waals surface area contributed by atoms with E-state index in [1.54, 1.807) is 13.8 Å². The monoisotopic (exact) mass is 336 g/mol. The fraction of sp³-hybridized carbons (Fsp3) is 0.588. The Morgan fingerprint density at radius 1 is 1.17 bits per heavy atom. The van der Waals surface area contributed by atoms with E-state index < -0.39 is 5.97 Å². The smallest absolute Gasteiger partial charge is 0.339 e. The number of H-pyrrole nitrogens is 1. The van der Waals surface area contributed by atoms with Gasteiger partial charge in [0.25, 0.3) is 0 Å². The molecule has 24 heavy (non-hydrogen) atoms. The van der Waals surface area contributed by atoms with Gasteiger partial charge in [-0.25, -0.2) is 4.79 Å². The number of carbonyl (C=O) groups is 3. The zero-order valence-corrected chi connectivity index (χ0v) is 14.6. The highest BCUT2D eigenvalue weighted by Gasteiger charge is 2.32. The third kappa shape index (κ3) is 3.51. The highest BCUT2D eigenvalue weighted by atomic mass is 16.5. The molecule has 0 aromatic carbocycles. The van der Waals surface area contributed by atoms with Crippen molar-refractivity contribution in [3.05, 3.63) is 22.5 Å². The number of nitrogens with zero attached hydrogens (tertiary/aromatic N) is 1. The number of nitrogens with one attached hydrogen (secondary N) is 1. The Morgan fingerprint density at radius 2 is 1.88 bits per heavy atom. The van der Waals surface area contributed by atoms with E-state index in [2.05, 4.69) is 4.98 Å². The third-order valence-electron chi connectivity index (χ3n) is 4.54. The van der Waals surface area contributed by atoms with Gasteiger partial charge in [0.1, 0.15) is 6.04 Å². The maximum atomic E-state index is 12.7. The van der Waals surface area contributed by atoms with Crippen LogP contribution < -0.4 is 0 Å². The molecule has 1 aliphatic rings. The molecule has 2 heterocycles. The number of aromatic amines is 1. The summed E-state index contributed by atoms with van der Waals surface area (Å²) in [6, 6.07) is -0.385. The molecule has 2 rings (SSSR count). The van der Waals surface area contributed by atoms with Gasteiger partial charge >= 0.3 is 11.9 Å². The van der Waals surface area contributed by atoms with Gasteiger partial charge in [0.2, 0.25) is 0 Å². The molecule has 7 heteroatoms. The maximum Gasteiger partial charge on any atom is 0.339 e. The summed E-state index contributed by atoms with van der Waals surface area (Å²) in [6.07, 6.45) is 2.57. The van der Waals surface area contributed by atoms with Gasteiger partial charge in [0.15, 0.2) is 5.78 Å². The van der Waals surface area contributed by atoms with E-state index in [4.69, 9.17) is 9.47 Å². The second-order valence-corrected chi connectivity index (χ2v) is 6.04. The van der Waals surface area contributed by atoms with Crippen molar-refractivity contribution in [3.63, 3.8) is 0 Å². The van der Waals surface area contributed by atoms with Crippen molar-refractivity contribution >= 4 is 17.7 Å². The molecule has 132 valence electrons. The first-order valence-corrected chi connectivity index (χ1v) is 8.03. The lowest BCUT2D eigenvalue weighted by atomic mass is 10.0. The normalized spacial score (nSPS) is 18.2. The van der Waals surface area contributed by atoms with Crippen LogP contribution in [0.15, 0.2) is 0 Å². The van der Waals surface area contributed by atoms with Crippen molar-refractivity contribution in [2.24, 2.45) is 0 Å². The van der Waals surface area contributed by atoms with E-state index in [0.717, 1.165) is 12.8 Å². The summed E-state index contributed by atoms with van der Waals surface area (Å²) in [7, 11) is 2.67. The van der Waals surface area contributed by atoms with Gasteiger partial charge in [0, 0.05) is 5.69 Å². The SMILES string of the molecule is COC(=O)c1c(C)[nH]c(C(=O)CN2CCCCC2C(=O)OC)c1C. The number of esters is 2. The standard InChI is InChI=1S/C17H24N2O5/c1-10-14(17(22)24-4)11(2)18-15(10)13(20)9-19-8-6-5-7-12(19)16(21)23-3/h12,18H,5-9H2,1-4H3. The molecule has 1 aromatic heterocycles. The topological polar surface area (TPSA) is 88.7 Å². The van der Waals surface area contributed by atoms with Crippen LogP contribution in [0.3, 0.4) is 0 Å². The molecule has 0 spiro atoms. The second kappa shape index (κ2) is 7.61. The maximum absolute atomic E-state index is 12.7. The van der Waals surface area contributed by atoms with Crippen LogP contribution in [0.5, 0.6) is 0 Å². The van der Waals surface area contributed by atoms with Crippen LogP contribution in [0.25, 0.3) is 0 Å². The van der Waals surface area contributed by atoms with Crippen molar-refractivity contribution < 1.29 is 23.9 Å². The first-order valence-electron chi connectivity index (χ1n) is 8.03. The van der Waals surface area contributed by atoms with Crippen molar-refractivity contribution in [2.45, 2.75) is 39.2 Å². The predicted molar refractivity (Wildman–Crippen MR) is 87.2 cm³/mol. The van der Waals surface area contributed by atoms with Crippen molar-refractivity contribution in [1.29, 1.82) is 0 Å². The van der Waals surface area contributed by atoms with Crippen molar-refractivity contribution in [3.8, 4) is 0 Å². The van der Waals surface area contributed by atoms with Gasteiger partial charge in [-0.05, 0) is 38.8 Å². The Labute approximate surface area is 141 Å². The lowest BCUT2D eigenvalue weighted by Crippen LogP contribution is -2.47. The number of ether oxygens (including phenoxy) is 2. The van der Waals surface area contributed by atoms with E-state index in [-0.39, 0.29) is 24.3 Å². The molecule has 0 saturated carbocycles. The average molecular weight is 336 g/mol. The highest BCUT2D eigenvalue weighted by Crippen LogP contribution is 2.22. The lowest BCUT2D eigenvalue weighted by molar-refractivity contribution is -0.148. The van der Waals surface area contributed by atoms with Crippen molar-refractivity contribution in [2.75, 3.05) is 27.3 Å². The van der Waals surface area contributed by atoms with Gasteiger partial charge in [-0.15, -0.1) is 0 Å². The fourth-order valence-corrected chi connectivity index (χ4v) is 3.28. The minimum absolute atomic E-state index is 0.112. The first-order chi connectivity index (χ1) is 11.4. The Morgan fingerprint density at radius 3 is 2.50 bits per heavy atom. The molecule has 1 fully saturated rings. The van der Waals surface area contributed by atoms with E-state index in [9.17, 15) is 14.4 Å². The predicted octanol–water partition coefficient (Wildman–Crippen LogP) is 1.63. The van der Waals surface area contributed by atoms with Crippen LogP contribution in [-0.4, -0.2) is 61.0 Å². The number of aromatic nitrogens is 1. The van der Waals surface area contributed by atoms with Crippen LogP contribution >= 0.6 is 0 Å². The summed E-state index contributed by atoms with van der Waals surface area (Å²) in [5.74, 6) is -0.926. The number of hydrogen-bond acceptors (Lipinski definition) is 6. The minimum Gasteiger partial charge on any atom is -0.468 e. The zero-order chi connectivity index (χ0) is 17.9. The number of likely N-dealkylation sites (tertiary alicyclic amines) is 1. The van der Waals surface area contributed by atoms with Gasteiger partial charge in [-0.2, -0.15) is 0 Å². The Hall–Kier alpha value is -2.15. The molecule has 0 radical (unpaired) electrons. The molecular formula is C17H24N2O5. The summed E-state index contributed by atoms with van der Waals surface area (Å²) in [5.41, 5.74) is 1.97. The van der Waals surface area contributed by atoms with Crippen LogP contribution in [0, 0.1) is 13.8 Å². The quantitative estimate of drug-likeness (QED) is 0.649. The van der Waals surface area contributed by atoms with E-state index >= 15 is 0 Å². The van der Waals surface area contributed by atoms with Gasteiger partial charge in [-0.3, -0.25) is 14.5 Å². The molecule has 1 aromatic rings. The summed E-state index contributed by atoms with van der Waals surface area (Å²) in [5, 5.41) is 0.